The number of hydrogen-bond acceptors (Lipinski definition) is 4. The van der Waals surface area contributed by atoms with Gasteiger partial charge in [0.25, 0.3) is 5.69 Å². The number of rotatable bonds is 6. The van der Waals surface area contributed by atoms with E-state index in [-0.39, 0.29) is 16.9 Å². The lowest BCUT2D eigenvalue weighted by molar-refractivity contribution is -0.384. The van der Waals surface area contributed by atoms with E-state index in [0.29, 0.717) is 6.54 Å². The summed E-state index contributed by atoms with van der Waals surface area (Å²) in [5.41, 5.74) is 1.55. The number of hydrogen-bond donors (Lipinski definition) is 2. The Labute approximate surface area is 116 Å². The van der Waals surface area contributed by atoms with Crippen LogP contribution in [0.1, 0.15) is 36.0 Å². The Morgan fingerprint density at radius 3 is 2.85 bits per heavy atom. The quantitative estimate of drug-likeness (QED) is 0.473. The lowest BCUT2D eigenvalue weighted by atomic mass is 10.1. The van der Waals surface area contributed by atoms with Crippen molar-refractivity contribution < 1.29 is 14.8 Å². The molecular weight excluding hydrogens is 260 g/mol. The Morgan fingerprint density at radius 1 is 1.45 bits per heavy atom. The Morgan fingerprint density at radius 2 is 2.25 bits per heavy atom. The summed E-state index contributed by atoms with van der Waals surface area (Å²) >= 11 is 0. The number of nitro benzene ring substituents is 1. The van der Waals surface area contributed by atoms with Gasteiger partial charge in [-0.1, -0.05) is 11.6 Å². The van der Waals surface area contributed by atoms with E-state index in [2.05, 4.69) is 11.4 Å². The van der Waals surface area contributed by atoms with Crippen molar-refractivity contribution in [2.45, 2.75) is 25.7 Å². The number of carboxylic acids is 1. The van der Waals surface area contributed by atoms with Crippen molar-refractivity contribution >= 4 is 17.3 Å². The van der Waals surface area contributed by atoms with Gasteiger partial charge >= 0.3 is 5.97 Å². The van der Waals surface area contributed by atoms with Gasteiger partial charge in [-0.15, -0.1) is 0 Å². The normalized spacial score (nSPS) is 13.9. The molecule has 106 valence electrons. The number of anilines is 1. The molecule has 2 rings (SSSR count). The minimum atomic E-state index is -1.10. The summed E-state index contributed by atoms with van der Waals surface area (Å²) in [5, 5.41) is 22.8. The van der Waals surface area contributed by atoms with Crippen LogP contribution in [0.3, 0.4) is 0 Å². The third-order valence-corrected chi connectivity index (χ3v) is 3.34. The predicted molar refractivity (Wildman–Crippen MR) is 75.1 cm³/mol. The molecule has 0 heterocycles. The average molecular weight is 276 g/mol. The zero-order chi connectivity index (χ0) is 14.5. The van der Waals surface area contributed by atoms with Crippen LogP contribution in [0.25, 0.3) is 0 Å². The first-order valence-corrected chi connectivity index (χ1v) is 6.51. The van der Waals surface area contributed by atoms with Crippen LogP contribution in [-0.2, 0) is 0 Å². The van der Waals surface area contributed by atoms with Crippen LogP contribution >= 0.6 is 0 Å². The molecule has 1 aromatic rings. The standard InChI is InChI=1S/C14H16N2O4/c17-14(18)11-5-6-13(16(19)20)12(9-11)15-8-7-10-3-1-2-4-10/h3,5-6,9,15H,1-2,4,7-8H2,(H,17,18). The van der Waals surface area contributed by atoms with E-state index in [1.54, 1.807) is 0 Å². The minimum absolute atomic E-state index is 0.0400. The van der Waals surface area contributed by atoms with E-state index in [1.807, 2.05) is 0 Å². The van der Waals surface area contributed by atoms with Crippen LogP contribution in [0, 0.1) is 10.1 Å². The number of nitro groups is 1. The van der Waals surface area contributed by atoms with E-state index in [0.717, 1.165) is 19.3 Å². The topological polar surface area (TPSA) is 92.5 Å². The van der Waals surface area contributed by atoms with Crippen LogP contribution in [0.15, 0.2) is 29.8 Å². The number of allylic oxidation sites excluding steroid dienone is 1. The summed E-state index contributed by atoms with van der Waals surface area (Å²) in [6.45, 7) is 0.565. The van der Waals surface area contributed by atoms with Crippen molar-refractivity contribution in [3.63, 3.8) is 0 Å². The Hall–Kier alpha value is -2.37. The molecule has 0 aromatic heterocycles. The van der Waals surface area contributed by atoms with Crippen LogP contribution in [0.4, 0.5) is 11.4 Å². The van der Waals surface area contributed by atoms with Crippen molar-refractivity contribution in [1.82, 2.24) is 0 Å². The highest BCUT2D eigenvalue weighted by Gasteiger charge is 2.16. The highest BCUT2D eigenvalue weighted by atomic mass is 16.6. The molecule has 0 fully saturated rings. The van der Waals surface area contributed by atoms with Gasteiger partial charge in [-0.25, -0.2) is 4.79 Å². The molecule has 0 radical (unpaired) electrons. The molecule has 0 atom stereocenters. The van der Waals surface area contributed by atoms with Gasteiger partial charge in [0.1, 0.15) is 5.69 Å². The first-order chi connectivity index (χ1) is 9.58. The maximum absolute atomic E-state index is 10.9. The van der Waals surface area contributed by atoms with Gasteiger partial charge < -0.3 is 10.4 Å². The van der Waals surface area contributed by atoms with Crippen molar-refractivity contribution in [2.24, 2.45) is 0 Å². The first-order valence-electron chi connectivity index (χ1n) is 6.51. The van der Waals surface area contributed by atoms with E-state index in [1.165, 1.54) is 30.2 Å². The summed E-state index contributed by atoms with van der Waals surface area (Å²) in [4.78, 5) is 21.3. The molecule has 1 aromatic carbocycles. The minimum Gasteiger partial charge on any atom is -0.478 e. The van der Waals surface area contributed by atoms with Crippen molar-refractivity contribution in [3.8, 4) is 0 Å². The lowest BCUT2D eigenvalue weighted by Gasteiger charge is -2.08. The molecule has 0 saturated heterocycles. The molecule has 0 spiro atoms. The molecular formula is C14H16N2O4. The van der Waals surface area contributed by atoms with Crippen molar-refractivity contribution in [1.29, 1.82) is 0 Å². The van der Waals surface area contributed by atoms with Crippen molar-refractivity contribution in [3.05, 3.63) is 45.5 Å². The summed E-state index contributed by atoms with van der Waals surface area (Å²) in [5.74, 6) is -1.10. The van der Waals surface area contributed by atoms with Crippen LogP contribution in [0.2, 0.25) is 0 Å². The molecule has 0 unspecified atom stereocenters. The number of nitrogens with one attached hydrogen (secondary N) is 1. The Bertz CT molecular complexity index is 566. The fourth-order valence-corrected chi connectivity index (χ4v) is 2.29. The lowest BCUT2D eigenvalue weighted by Crippen LogP contribution is -2.07. The van der Waals surface area contributed by atoms with Crippen LogP contribution in [-0.4, -0.2) is 22.5 Å². The zero-order valence-corrected chi connectivity index (χ0v) is 11.0. The Kier molecular flexibility index (Phi) is 4.34. The maximum atomic E-state index is 10.9. The van der Waals surface area contributed by atoms with E-state index >= 15 is 0 Å². The van der Waals surface area contributed by atoms with E-state index < -0.39 is 10.9 Å². The fraction of sp³-hybridized carbons (Fsp3) is 0.357. The molecule has 6 nitrogen and oxygen atoms in total. The van der Waals surface area contributed by atoms with Gasteiger partial charge in [0, 0.05) is 12.6 Å². The monoisotopic (exact) mass is 276 g/mol. The average Bonchev–Trinajstić information content (AvgIpc) is 2.91. The summed E-state index contributed by atoms with van der Waals surface area (Å²) < 4.78 is 0. The number of carboxylic acid groups (broad SMARTS) is 1. The molecule has 1 aliphatic carbocycles. The molecule has 0 aliphatic heterocycles. The summed E-state index contributed by atoms with van der Waals surface area (Å²) in [7, 11) is 0. The molecule has 0 amide bonds. The SMILES string of the molecule is O=C(O)c1ccc([N+](=O)[O-])c(NCCC2=CCCC2)c1. The number of benzene rings is 1. The van der Waals surface area contributed by atoms with Gasteiger partial charge in [-0.3, -0.25) is 10.1 Å². The smallest absolute Gasteiger partial charge is 0.335 e. The van der Waals surface area contributed by atoms with Crippen molar-refractivity contribution in [2.75, 3.05) is 11.9 Å². The maximum Gasteiger partial charge on any atom is 0.335 e. The van der Waals surface area contributed by atoms with Gasteiger partial charge in [0.2, 0.25) is 0 Å². The van der Waals surface area contributed by atoms with Gasteiger partial charge in [-0.05, 0) is 37.8 Å². The molecule has 6 heteroatoms. The molecule has 1 aliphatic rings. The Balaban J connectivity index is 2.08. The second kappa shape index (κ2) is 6.18. The van der Waals surface area contributed by atoms with Crippen LogP contribution in [0.5, 0.6) is 0 Å². The molecule has 2 N–H and O–H groups in total. The predicted octanol–water partition coefficient (Wildman–Crippen LogP) is 3.21. The second-order valence-electron chi connectivity index (χ2n) is 4.73. The number of aromatic carboxylic acids is 1. The number of carbonyl (C=O) groups is 1. The highest BCUT2D eigenvalue weighted by molar-refractivity contribution is 5.90. The fourth-order valence-electron chi connectivity index (χ4n) is 2.29. The molecule has 0 saturated carbocycles. The molecule has 20 heavy (non-hydrogen) atoms. The van der Waals surface area contributed by atoms with Crippen LogP contribution < -0.4 is 5.32 Å². The largest absolute Gasteiger partial charge is 0.478 e. The highest BCUT2D eigenvalue weighted by Crippen LogP contribution is 2.26. The molecule has 0 bridgehead atoms. The van der Waals surface area contributed by atoms with E-state index in [4.69, 9.17) is 5.11 Å². The third kappa shape index (κ3) is 3.34. The third-order valence-electron chi connectivity index (χ3n) is 3.34. The summed E-state index contributed by atoms with van der Waals surface area (Å²) in [6.07, 6.45) is 6.38. The van der Waals surface area contributed by atoms with Gasteiger partial charge in [0.05, 0.1) is 10.5 Å². The second-order valence-corrected chi connectivity index (χ2v) is 4.73. The first kappa shape index (κ1) is 14.0. The zero-order valence-electron chi connectivity index (χ0n) is 11.0. The summed E-state index contributed by atoms with van der Waals surface area (Å²) in [6, 6.07) is 3.77. The van der Waals surface area contributed by atoms with E-state index in [9.17, 15) is 14.9 Å². The van der Waals surface area contributed by atoms with Gasteiger partial charge in [-0.2, -0.15) is 0 Å². The van der Waals surface area contributed by atoms with Gasteiger partial charge in [0.15, 0.2) is 0 Å². The number of nitrogens with zero attached hydrogens (tertiary/aromatic N) is 1.